The molecule has 2 aromatic rings. The van der Waals surface area contributed by atoms with Crippen LogP contribution in [-0.2, 0) is 0 Å². The normalized spacial score (nSPS) is 10.2. The summed E-state index contributed by atoms with van der Waals surface area (Å²) in [4.78, 5) is 8.79. The third kappa shape index (κ3) is 1.81. The van der Waals surface area contributed by atoms with E-state index in [9.17, 15) is 0 Å². The number of fused-ring (bicyclic) bond motifs is 1. The van der Waals surface area contributed by atoms with Gasteiger partial charge in [0.15, 0.2) is 0 Å². The van der Waals surface area contributed by atoms with Crippen molar-refractivity contribution in [1.82, 2.24) is 9.97 Å². The van der Waals surface area contributed by atoms with Crippen LogP contribution in [0.5, 0.6) is 5.88 Å². The van der Waals surface area contributed by atoms with Gasteiger partial charge in [0.1, 0.15) is 5.69 Å². The molecule has 0 bridgehead atoms. The van der Waals surface area contributed by atoms with Crippen LogP contribution in [0.25, 0.3) is 17.1 Å². The van der Waals surface area contributed by atoms with Gasteiger partial charge in [-0.2, -0.15) is 0 Å². The molecule has 15 heavy (non-hydrogen) atoms. The molecule has 0 amide bonds. The van der Waals surface area contributed by atoms with Crippen LogP contribution in [0.3, 0.4) is 0 Å². The second kappa shape index (κ2) is 4.09. The molecule has 0 saturated heterocycles. The molecule has 0 radical (unpaired) electrons. The number of hydrogen-bond donors (Lipinski definition) is 0. The zero-order chi connectivity index (χ0) is 10.7. The Morgan fingerprint density at radius 3 is 2.53 bits per heavy atom. The van der Waals surface area contributed by atoms with Crippen LogP contribution >= 0.6 is 0 Å². The molecular formula is C12H12N2O. The number of nitrogens with zero attached hydrogens (tertiary/aromatic N) is 2. The fourth-order valence-corrected chi connectivity index (χ4v) is 1.37. The molecule has 0 saturated carbocycles. The van der Waals surface area contributed by atoms with Gasteiger partial charge in [0.05, 0.1) is 17.6 Å². The van der Waals surface area contributed by atoms with E-state index in [1.54, 1.807) is 6.08 Å². The molecule has 3 heteroatoms. The third-order valence-electron chi connectivity index (χ3n) is 2.04. The van der Waals surface area contributed by atoms with E-state index in [0.29, 0.717) is 18.2 Å². The van der Waals surface area contributed by atoms with E-state index in [4.69, 9.17) is 4.74 Å². The van der Waals surface area contributed by atoms with Crippen LogP contribution in [0, 0.1) is 0 Å². The molecule has 0 atom stereocenters. The van der Waals surface area contributed by atoms with E-state index < -0.39 is 0 Å². The monoisotopic (exact) mass is 200 g/mol. The van der Waals surface area contributed by atoms with Crippen LogP contribution in [0.4, 0.5) is 0 Å². The number of hydrogen-bond acceptors (Lipinski definition) is 3. The Morgan fingerprint density at radius 1 is 1.27 bits per heavy atom. The maximum atomic E-state index is 5.39. The molecule has 0 fully saturated rings. The molecule has 0 N–H and O–H groups in total. The molecule has 76 valence electrons. The molecule has 1 heterocycles. The smallest absolute Gasteiger partial charge is 0.240 e. The minimum atomic E-state index is 0.547. The minimum absolute atomic E-state index is 0.547. The number of rotatable bonds is 3. The van der Waals surface area contributed by atoms with Gasteiger partial charge in [-0.1, -0.05) is 18.7 Å². The zero-order valence-electron chi connectivity index (χ0n) is 8.60. The number of benzene rings is 1. The first-order valence-electron chi connectivity index (χ1n) is 4.87. The lowest BCUT2D eigenvalue weighted by atomic mass is 10.3. The molecule has 1 aromatic heterocycles. The number of para-hydroxylation sites is 2. The summed E-state index contributed by atoms with van der Waals surface area (Å²) >= 11 is 0. The fourth-order valence-electron chi connectivity index (χ4n) is 1.37. The maximum absolute atomic E-state index is 5.39. The van der Waals surface area contributed by atoms with Crippen molar-refractivity contribution in [2.45, 2.75) is 6.92 Å². The van der Waals surface area contributed by atoms with Crippen LogP contribution in [-0.4, -0.2) is 16.6 Å². The second-order valence-corrected chi connectivity index (χ2v) is 3.04. The molecule has 0 aliphatic carbocycles. The summed E-state index contributed by atoms with van der Waals surface area (Å²) in [5.41, 5.74) is 2.39. The Kier molecular flexibility index (Phi) is 2.63. The first kappa shape index (κ1) is 9.65. The lowest BCUT2D eigenvalue weighted by Gasteiger charge is -2.06. The second-order valence-electron chi connectivity index (χ2n) is 3.04. The summed E-state index contributed by atoms with van der Waals surface area (Å²) in [7, 11) is 0. The summed E-state index contributed by atoms with van der Waals surface area (Å²) < 4.78 is 5.39. The van der Waals surface area contributed by atoms with Gasteiger partial charge in [-0.05, 0) is 25.1 Å². The van der Waals surface area contributed by atoms with E-state index >= 15 is 0 Å². The molecule has 0 aliphatic rings. The largest absolute Gasteiger partial charge is 0.476 e. The van der Waals surface area contributed by atoms with E-state index in [-0.39, 0.29) is 0 Å². The highest BCUT2D eigenvalue weighted by Crippen LogP contribution is 2.19. The fraction of sp³-hybridized carbons (Fsp3) is 0.167. The first-order valence-corrected chi connectivity index (χ1v) is 4.87. The predicted octanol–water partition coefficient (Wildman–Crippen LogP) is 2.67. The topological polar surface area (TPSA) is 35.0 Å². The Morgan fingerprint density at radius 2 is 1.93 bits per heavy atom. The van der Waals surface area contributed by atoms with Crippen molar-refractivity contribution in [3.05, 3.63) is 36.5 Å². The van der Waals surface area contributed by atoms with Crippen LogP contribution in [0.1, 0.15) is 12.6 Å². The zero-order valence-corrected chi connectivity index (χ0v) is 8.60. The van der Waals surface area contributed by atoms with Gasteiger partial charge in [-0.3, -0.25) is 0 Å². The number of ether oxygens (including phenoxy) is 1. The SMILES string of the molecule is C=Cc1nc2ccccc2nc1OCC. The summed E-state index contributed by atoms with van der Waals surface area (Å²) in [6.07, 6.45) is 1.66. The van der Waals surface area contributed by atoms with E-state index in [2.05, 4.69) is 16.5 Å². The van der Waals surface area contributed by atoms with Gasteiger partial charge >= 0.3 is 0 Å². The maximum Gasteiger partial charge on any atom is 0.240 e. The van der Waals surface area contributed by atoms with Crippen molar-refractivity contribution in [3.63, 3.8) is 0 Å². The standard InChI is InChI=1S/C12H12N2O/c1-3-9-12(15-4-2)14-11-8-6-5-7-10(11)13-9/h3,5-8H,1,4H2,2H3. The molecule has 2 rings (SSSR count). The van der Waals surface area contributed by atoms with Crippen molar-refractivity contribution < 1.29 is 4.74 Å². The highest BCUT2D eigenvalue weighted by molar-refractivity contribution is 5.76. The average molecular weight is 200 g/mol. The van der Waals surface area contributed by atoms with E-state index in [0.717, 1.165) is 11.0 Å². The van der Waals surface area contributed by atoms with Crippen LogP contribution < -0.4 is 4.74 Å². The number of aromatic nitrogens is 2. The van der Waals surface area contributed by atoms with Gasteiger partial charge < -0.3 is 4.74 Å². The Bertz CT molecular complexity index is 494. The summed E-state index contributed by atoms with van der Waals surface area (Å²) in [5, 5.41) is 0. The molecule has 3 nitrogen and oxygen atoms in total. The van der Waals surface area contributed by atoms with Crippen molar-refractivity contribution in [1.29, 1.82) is 0 Å². The molecule has 0 spiro atoms. The summed E-state index contributed by atoms with van der Waals surface area (Å²) in [5.74, 6) is 0.547. The Hall–Kier alpha value is -1.90. The quantitative estimate of drug-likeness (QED) is 0.764. The highest BCUT2D eigenvalue weighted by Gasteiger charge is 2.05. The Balaban J connectivity index is 2.63. The van der Waals surface area contributed by atoms with E-state index in [1.165, 1.54) is 0 Å². The average Bonchev–Trinajstić information content (AvgIpc) is 2.28. The lowest BCUT2D eigenvalue weighted by Crippen LogP contribution is -1.99. The Labute approximate surface area is 88.4 Å². The lowest BCUT2D eigenvalue weighted by molar-refractivity contribution is 0.326. The van der Waals surface area contributed by atoms with Gasteiger partial charge in [0.25, 0.3) is 0 Å². The molecule has 1 aromatic carbocycles. The van der Waals surface area contributed by atoms with Gasteiger partial charge in [0.2, 0.25) is 5.88 Å². The molecule has 0 aliphatic heterocycles. The predicted molar refractivity (Wildman–Crippen MR) is 60.8 cm³/mol. The van der Waals surface area contributed by atoms with Crippen LogP contribution in [0.15, 0.2) is 30.8 Å². The van der Waals surface area contributed by atoms with Crippen molar-refractivity contribution >= 4 is 17.1 Å². The highest BCUT2D eigenvalue weighted by atomic mass is 16.5. The van der Waals surface area contributed by atoms with Crippen molar-refractivity contribution in [2.24, 2.45) is 0 Å². The molecule has 0 unspecified atom stereocenters. The van der Waals surface area contributed by atoms with Gasteiger partial charge in [-0.15, -0.1) is 0 Å². The van der Waals surface area contributed by atoms with E-state index in [1.807, 2.05) is 31.2 Å². The van der Waals surface area contributed by atoms with Crippen molar-refractivity contribution in [3.8, 4) is 5.88 Å². The van der Waals surface area contributed by atoms with Crippen LogP contribution in [0.2, 0.25) is 0 Å². The van der Waals surface area contributed by atoms with Gasteiger partial charge in [0, 0.05) is 0 Å². The summed E-state index contributed by atoms with van der Waals surface area (Å²) in [6.45, 7) is 6.20. The summed E-state index contributed by atoms with van der Waals surface area (Å²) in [6, 6.07) is 7.70. The third-order valence-corrected chi connectivity index (χ3v) is 2.04. The minimum Gasteiger partial charge on any atom is -0.476 e. The first-order chi connectivity index (χ1) is 7.35. The molecular weight excluding hydrogens is 188 g/mol. The van der Waals surface area contributed by atoms with Gasteiger partial charge in [-0.25, -0.2) is 9.97 Å². The van der Waals surface area contributed by atoms with Crippen molar-refractivity contribution in [2.75, 3.05) is 6.61 Å².